The highest BCUT2D eigenvalue weighted by atomic mass is 35.6. The van der Waals surface area contributed by atoms with Gasteiger partial charge < -0.3 is 10.2 Å². The summed E-state index contributed by atoms with van der Waals surface area (Å²) >= 11 is 19.0. The molecule has 114 valence electrons. The third kappa shape index (κ3) is 6.61. The molecule has 20 heavy (non-hydrogen) atoms. The molecular weight excluding hydrogens is 341 g/mol. The van der Waals surface area contributed by atoms with E-state index in [4.69, 9.17) is 34.8 Å². The number of carbonyl (C=O) groups is 1. The molecule has 1 atom stereocenters. The van der Waals surface area contributed by atoms with E-state index in [0.717, 1.165) is 13.0 Å². The van der Waals surface area contributed by atoms with Gasteiger partial charge in [0.2, 0.25) is 3.79 Å². The molecule has 0 aromatic carbocycles. The minimum Gasteiger partial charge on any atom is -0.332 e. The van der Waals surface area contributed by atoms with Gasteiger partial charge in [0.25, 0.3) is 5.91 Å². The zero-order chi connectivity index (χ0) is 15.2. The van der Waals surface area contributed by atoms with Crippen molar-refractivity contribution in [2.75, 3.05) is 27.2 Å². The number of rotatable bonds is 7. The van der Waals surface area contributed by atoms with Crippen molar-refractivity contribution in [1.82, 2.24) is 15.5 Å². The summed E-state index contributed by atoms with van der Waals surface area (Å²) < 4.78 is -1.61. The van der Waals surface area contributed by atoms with Crippen molar-refractivity contribution in [3.05, 3.63) is 22.4 Å². The summed E-state index contributed by atoms with van der Waals surface area (Å²) in [4.78, 5) is 14.6. The van der Waals surface area contributed by atoms with E-state index in [1.54, 1.807) is 12.1 Å². The first-order chi connectivity index (χ1) is 9.30. The smallest absolute Gasteiger partial charge is 0.262 e. The number of nitrogens with one attached hydrogen (secondary N) is 2. The van der Waals surface area contributed by atoms with Gasteiger partial charge >= 0.3 is 0 Å². The molecule has 2 N–H and O–H groups in total. The predicted octanol–water partition coefficient (Wildman–Crippen LogP) is 2.72. The molecule has 4 nitrogen and oxygen atoms in total. The fraction of sp³-hybridized carbons (Fsp3) is 0.583. The van der Waals surface area contributed by atoms with E-state index >= 15 is 0 Å². The lowest BCUT2D eigenvalue weighted by Gasteiger charge is -2.26. The Kier molecular flexibility index (Phi) is 7.58. The van der Waals surface area contributed by atoms with Crippen LogP contribution in [0.1, 0.15) is 16.1 Å². The molecule has 0 aliphatic rings. The first-order valence-corrected chi connectivity index (χ1v) is 8.11. The standard InChI is InChI=1S/C12H18Cl3N3OS/c1-18(2)7-4-6-16-11(12(13,14)15)17-10(19)9-5-3-8-20-9/h3,5,8,11,16H,4,6-7H2,1-2H3,(H,17,19)/t11-/m1/s1. The molecule has 0 fully saturated rings. The van der Waals surface area contributed by atoms with E-state index in [1.807, 2.05) is 19.5 Å². The number of alkyl halides is 3. The molecule has 1 amide bonds. The molecule has 0 aliphatic carbocycles. The summed E-state index contributed by atoms with van der Waals surface area (Å²) in [6.07, 6.45) is 0.156. The first-order valence-electron chi connectivity index (χ1n) is 6.10. The Morgan fingerprint density at radius 1 is 1.45 bits per heavy atom. The fourth-order valence-electron chi connectivity index (χ4n) is 1.50. The highest BCUT2D eigenvalue weighted by Crippen LogP contribution is 2.29. The van der Waals surface area contributed by atoms with Crippen molar-refractivity contribution in [3.8, 4) is 0 Å². The van der Waals surface area contributed by atoms with Gasteiger partial charge in [0.1, 0.15) is 6.17 Å². The van der Waals surface area contributed by atoms with Gasteiger partial charge in [0, 0.05) is 0 Å². The number of amides is 1. The molecule has 8 heteroatoms. The Hall–Kier alpha value is -0.0400. The third-order valence-electron chi connectivity index (χ3n) is 2.48. The summed E-state index contributed by atoms with van der Waals surface area (Å²) in [7, 11) is 3.98. The Morgan fingerprint density at radius 3 is 2.65 bits per heavy atom. The molecule has 0 saturated heterocycles. The Morgan fingerprint density at radius 2 is 2.15 bits per heavy atom. The van der Waals surface area contributed by atoms with Crippen molar-refractivity contribution in [1.29, 1.82) is 0 Å². The van der Waals surface area contributed by atoms with E-state index in [9.17, 15) is 4.79 Å². The number of hydrogen-bond acceptors (Lipinski definition) is 4. The van der Waals surface area contributed by atoms with Crippen molar-refractivity contribution in [3.63, 3.8) is 0 Å². The number of halogens is 3. The van der Waals surface area contributed by atoms with Crippen LogP contribution in [-0.2, 0) is 0 Å². The highest BCUT2D eigenvalue weighted by Gasteiger charge is 2.33. The van der Waals surface area contributed by atoms with Gasteiger partial charge in [0.05, 0.1) is 4.88 Å². The second-order valence-corrected chi connectivity index (χ2v) is 7.85. The van der Waals surface area contributed by atoms with Crippen LogP contribution in [0.4, 0.5) is 0 Å². The monoisotopic (exact) mass is 357 g/mol. The Balaban J connectivity index is 2.50. The normalized spacial score (nSPS) is 13.5. The van der Waals surface area contributed by atoms with E-state index in [-0.39, 0.29) is 5.91 Å². The van der Waals surface area contributed by atoms with Crippen LogP contribution in [-0.4, -0.2) is 48.0 Å². The average Bonchev–Trinajstić information content (AvgIpc) is 2.84. The van der Waals surface area contributed by atoms with E-state index in [2.05, 4.69) is 15.5 Å². The largest absolute Gasteiger partial charge is 0.332 e. The van der Waals surface area contributed by atoms with Gasteiger partial charge in [-0.05, 0) is 45.1 Å². The lowest BCUT2D eigenvalue weighted by atomic mass is 10.3. The zero-order valence-electron chi connectivity index (χ0n) is 11.3. The van der Waals surface area contributed by atoms with Crippen molar-refractivity contribution in [2.24, 2.45) is 0 Å². The van der Waals surface area contributed by atoms with E-state index < -0.39 is 9.96 Å². The summed E-state index contributed by atoms with van der Waals surface area (Å²) in [6, 6.07) is 3.52. The van der Waals surface area contributed by atoms with Crippen molar-refractivity contribution < 1.29 is 4.79 Å². The molecule has 1 aromatic heterocycles. The average molecular weight is 359 g/mol. The quantitative estimate of drug-likeness (QED) is 0.447. The van der Waals surface area contributed by atoms with Crippen LogP contribution in [0.5, 0.6) is 0 Å². The molecule has 0 unspecified atom stereocenters. The van der Waals surface area contributed by atoms with Crippen LogP contribution in [0.25, 0.3) is 0 Å². The summed E-state index contributed by atoms with van der Waals surface area (Å²) in [5, 5.41) is 7.58. The Labute approximate surface area is 138 Å². The third-order valence-corrected chi connectivity index (χ3v) is 4.00. The molecule has 0 spiro atoms. The lowest BCUT2D eigenvalue weighted by Crippen LogP contribution is -2.53. The molecule has 1 heterocycles. The van der Waals surface area contributed by atoms with E-state index in [0.29, 0.717) is 11.4 Å². The van der Waals surface area contributed by atoms with Gasteiger partial charge in [-0.15, -0.1) is 11.3 Å². The second-order valence-electron chi connectivity index (χ2n) is 4.54. The molecule has 0 aliphatic heterocycles. The molecule has 1 aromatic rings. The van der Waals surface area contributed by atoms with Gasteiger partial charge in [-0.1, -0.05) is 40.9 Å². The first kappa shape index (κ1) is 18.0. The van der Waals surface area contributed by atoms with E-state index in [1.165, 1.54) is 11.3 Å². The molecule has 0 bridgehead atoms. The number of carbonyl (C=O) groups excluding carboxylic acids is 1. The van der Waals surface area contributed by atoms with Gasteiger partial charge in [-0.2, -0.15) is 0 Å². The van der Waals surface area contributed by atoms with Gasteiger partial charge in [0.15, 0.2) is 0 Å². The van der Waals surface area contributed by atoms with Gasteiger partial charge in [-0.3, -0.25) is 10.1 Å². The second kappa shape index (κ2) is 8.41. The topological polar surface area (TPSA) is 44.4 Å². The molecule has 1 rings (SSSR count). The van der Waals surface area contributed by atoms with Crippen LogP contribution in [0.15, 0.2) is 17.5 Å². The summed E-state index contributed by atoms with van der Waals surface area (Å²) in [5.41, 5.74) is 0. The van der Waals surface area contributed by atoms with Gasteiger partial charge in [-0.25, -0.2) is 0 Å². The van der Waals surface area contributed by atoms with Crippen LogP contribution < -0.4 is 10.6 Å². The fourth-order valence-corrected chi connectivity index (χ4v) is 2.52. The maximum atomic E-state index is 12.0. The lowest BCUT2D eigenvalue weighted by molar-refractivity contribution is 0.0933. The minimum absolute atomic E-state index is 0.253. The Bertz CT molecular complexity index is 407. The van der Waals surface area contributed by atoms with Crippen LogP contribution in [0.2, 0.25) is 0 Å². The number of thiophene rings is 1. The van der Waals surface area contributed by atoms with Crippen molar-refractivity contribution in [2.45, 2.75) is 16.4 Å². The summed E-state index contributed by atoms with van der Waals surface area (Å²) in [5.74, 6) is -0.253. The highest BCUT2D eigenvalue weighted by molar-refractivity contribution is 7.12. The zero-order valence-corrected chi connectivity index (χ0v) is 14.4. The summed E-state index contributed by atoms with van der Waals surface area (Å²) in [6.45, 7) is 1.56. The SMILES string of the molecule is CN(C)CCCN[C@H](NC(=O)c1cccs1)C(Cl)(Cl)Cl. The number of hydrogen-bond donors (Lipinski definition) is 2. The van der Waals surface area contributed by atoms with Crippen LogP contribution >= 0.6 is 46.1 Å². The molecular formula is C12H18Cl3N3OS. The maximum Gasteiger partial charge on any atom is 0.262 e. The van der Waals surface area contributed by atoms with Crippen LogP contribution in [0, 0.1) is 0 Å². The molecule has 0 saturated carbocycles. The maximum absolute atomic E-state index is 12.0. The van der Waals surface area contributed by atoms with Crippen molar-refractivity contribution >= 4 is 52.0 Å². The molecule has 0 radical (unpaired) electrons. The van der Waals surface area contributed by atoms with Crippen LogP contribution in [0.3, 0.4) is 0 Å². The number of nitrogens with zero attached hydrogens (tertiary/aromatic N) is 1. The predicted molar refractivity (Wildman–Crippen MR) is 87.0 cm³/mol. The minimum atomic E-state index is -1.61.